The summed E-state index contributed by atoms with van der Waals surface area (Å²) in [7, 11) is 0. The molecular formula is C21H22N4O2. The highest BCUT2D eigenvalue weighted by atomic mass is 16.2. The number of aromatic nitrogens is 2. The molecule has 1 aromatic heterocycles. The van der Waals surface area contributed by atoms with Gasteiger partial charge in [-0.3, -0.25) is 14.5 Å². The molecule has 4 rings (SSSR count). The van der Waals surface area contributed by atoms with Crippen molar-refractivity contribution in [3.8, 4) is 12.3 Å². The standard InChI is InChI=1S/C21H22N4O2/c1-6-9-24-16-8-7-13(2)10-14(16)21(19(24)27)11-17(26)23-18-15(21)12-22-25(18)20(3,4)5/h1,7-8,10,12H,9,11H2,2-5H3,(H,23,26). The van der Waals surface area contributed by atoms with Crippen molar-refractivity contribution >= 4 is 23.3 Å². The predicted octanol–water partition coefficient (Wildman–Crippen LogP) is 2.55. The highest BCUT2D eigenvalue weighted by molar-refractivity contribution is 6.16. The number of rotatable bonds is 1. The molecule has 2 aliphatic rings. The third-order valence-corrected chi connectivity index (χ3v) is 5.31. The van der Waals surface area contributed by atoms with Gasteiger partial charge in [-0.2, -0.15) is 5.10 Å². The van der Waals surface area contributed by atoms with Crippen LogP contribution in [0.1, 0.15) is 43.9 Å². The number of terminal acetylenes is 1. The zero-order chi connectivity index (χ0) is 19.6. The van der Waals surface area contributed by atoms with Crippen LogP contribution >= 0.6 is 0 Å². The Kier molecular flexibility index (Phi) is 3.51. The molecule has 0 fully saturated rings. The summed E-state index contributed by atoms with van der Waals surface area (Å²) in [5.74, 6) is 2.79. The number of carbonyl (C=O) groups is 2. The molecule has 0 aliphatic carbocycles. The Morgan fingerprint density at radius 3 is 2.70 bits per heavy atom. The average molecular weight is 362 g/mol. The van der Waals surface area contributed by atoms with Crippen LogP contribution in [0.25, 0.3) is 0 Å². The highest BCUT2D eigenvalue weighted by Gasteiger charge is 2.57. The Balaban J connectivity index is 2.04. The lowest BCUT2D eigenvalue weighted by molar-refractivity contribution is -0.126. The number of hydrogen-bond acceptors (Lipinski definition) is 3. The van der Waals surface area contributed by atoms with Crippen LogP contribution in [-0.4, -0.2) is 28.1 Å². The first-order valence-corrected chi connectivity index (χ1v) is 8.95. The van der Waals surface area contributed by atoms with Gasteiger partial charge in [-0.1, -0.05) is 23.6 Å². The van der Waals surface area contributed by atoms with E-state index in [2.05, 4.69) is 16.3 Å². The molecule has 1 atom stereocenters. The van der Waals surface area contributed by atoms with Crippen LogP contribution in [0.5, 0.6) is 0 Å². The van der Waals surface area contributed by atoms with Crippen molar-refractivity contribution in [2.75, 3.05) is 16.8 Å². The number of carbonyl (C=O) groups excluding carboxylic acids is 2. The van der Waals surface area contributed by atoms with E-state index in [0.717, 1.165) is 22.4 Å². The van der Waals surface area contributed by atoms with Crippen LogP contribution in [0.3, 0.4) is 0 Å². The van der Waals surface area contributed by atoms with Crippen molar-refractivity contribution in [3.05, 3.63) is 41.1 Å². The van der Waals surface area contributed by atoms with Gasteiger partial charge in [0.25, 0.3) is 0 Å². The maximum Gasteiger partial charge on any atom is 0.243 e. The molecule has 1 aromatic carbocycles. The second-order valence-electron chi connectivity index (χ2n) is 8.24. The molecular weight excluding hydrogens is 340 g/mol. The van der Waals surface area contributed by atoms with Gasteiger partial charge >= 0.3 is 0 Å². The number of anilines is 2. The van der Waals surface area contributed by atoms with E-state index in [9.17, 15) is 9.59 Å². The van der Waals surface area contributed by atoms with Gasteiger partial charge in [-0.15, -0.1) is 6.42 Å². The Labute approximate surface area is 158 Å². The van der Waals surface area contributed by atoms with Crippen LogP contribution in [0.4, 0.5) is 11.5 Å². The Morgan fingerprint density at radius 2 is 2.04 bits per heavy atom. The molecule has 2 amide bonds. The molecule has 0 radical (unpaired) electrons. The maximum atomic E-state index is 13.6. The van der Waals surface area contributed by atoms with Gasteiger partial charge in [0.05, 0.1) is 18.3 Å². The van der Waals surface area contributed by atoms with Gasteiger partial charge in [0.1, 0.15) is 11.2 Å². The summed E-state index contributed by atoms with van der Waals surface area (Å²) < 4.78 is 1.77. The van der Waals surface area contributed by atoms with Gasteiger partial charge in [0, 0.05) is 17.7 Å². The molecule has 138 valence electrons. The third kappa shape index (κ3) is 2.24. The SMILES string of the molecule is C#CCN1C(=O)C2(CC(=O)Nc3c2cnn3C(C)(C)C)c2cc(C)ccc21. The zero-order valence-corrected chi connectivity index (χ0v) is 16.0. The fraction of sp³-hybridized carbons (Fsp3) is 0.381. The molecule has 6 heteroatoms. The molecule has 1 unspecified atom stereocenters. The highest BCUT2D eigenvalue weighted by Crippen LogP contribution is 2.52. The fourth-order valence-electron chi connectivity index (χ4n) is 4.16. The zero-order valence-electron chi connectivity index (χ0n) is 16.0. The summed E-state index contributed by atoms with van der Waals surface area (Å²) in [4.78, 5) is 27.9. The maximum absolute atomic E-state index is 13.6. The van der Waals surface area contributed by atoms with Gasteiger partial charge in [-0.25, -0.2) is 4.68 Å². The number of hydrogen-bond donors (Lipinski definition) is 1. The number of amides is 2. The topological polar surface area (TPSA) is 67.2 Å². The number of nitrogens with one attached hydrogen (secondary N) is 1. The van der Waals surface area contributed by atoms with E-state index in [1.807, 2.05) is 45.9 Å². The molecule has 6 nitrogen and oxygen atoms in total. The van der Waals surface area contributed by atoms with E-state index < -0.39 is 5.41 Å². The van der Waals surface area contributed by atoms with Crippen LogP contribution in [0, 0.1) is 19.3 Å². The number of fused-ring (bicyclic) bond motifs is 4. The molecule has 2 aliphatic heterocycles. The van der Waals surface area contributed by atoms with Crippen molar-refractivity contribution < 1.29 is 9.59 Å². The first kappa shape index (κ1) is 17.3. The van der Waals surface area contributed by atoms with Crippen molar-refractivity contribution in [2.24, 2.45) is 0 Å². The second kappa shape index (κ2) is 5.46. The molecule has 0 bridgehead atoms. The molecule has 1 spiro atoms. The quantitative estimate of drug-likeness (QED) is 0.793. The van der Waals surface area contributed by atoms with Crippen LogP contribution < -0.4 is 10.2 Å². The first-order chi connectivity index (χ1) is 12.7. The molecule has 0 saturated heterocycles. The molecule has 0 saturated carbocycles. The Hall–Kier alpha value is -3.07. The van der Waals surface area contributed by atoms with Gasteiger partial charge in [0.2, 0.25) is 11.8 Å². The minimum atomic E-state index is -1.08. The third-order valence-electron chi connectivity index (χ3n) is 5.31. The minimum Gasteiger partial charge on any atom is -0.311 e. The van der Waals surface area contributed by atoms with E-state index in [1.54, 1.807) is 15.8 Å². The summed E-state index contributed by atoms with van der Waals surface area (Å²) in [6.45, 7) is 8.17. The van der Waals surface area contributed by atoms with Crippen LogP contribution in [0.2, 0.25) is 0 Å². The van der Waals surface area contributed by atoms with Crippen molar-refractivity contribution in [1.29, 1.82) is 0 Å². The van der Waals surface area contributed by atoms with E-state index >= 15 is 0 Å². The largest absolute Gasteiger partial charge is 0.311 e. The van der Waals surface area contributed by atoms with Crippen molar-refractivity contribution in [1.82, 2.24) is 9.78 Å². The predicted molar refractivity (Wildman–Crippen MR) is 104 cm³/mol. The van der Waals surface area contributed by atoms with Crippen LogP contribution in [-0.2, 0) is 20.5 Å². The lowest BCUT2D eigenvalue weighted by Crippen LogP contribution is -2.47. The van der Waals surface area contributed by atoms with Crippen molar-refractivity contribution in [2.45, 2.75) is 45.1 Å². The van der Waals surface area contributed by atoms with Gasteiger partial charge in [-0.05, 0) is 39.3 Å². The van der Waals surface area contributed by atoms with Crippen LogP contribution in [0.15, 0.2) is 24.4 Å². The van der Waals surface area contributed by atoms with Gasteiger partial charge in [0.15, 0.2) is 0 Å². The van der Waals surface area contributed by atoms with E-state index in [0.29, 0.717) is 5.82 Å². The molecule has 3 heterocycles. The summed E-state index contributed by atoms with van der Waals surface area (Å²) in [6.07, 6.45) is 7.28. The van der Waals surface area contributed by atoms with E-state index in [-0.39, 0.29) is 30.3 Å². The number of nitrogens with zero attached hydrogens (tertiary/aromatic N) is 3. The summed E-state index contributed by atoms with van der Waals surface area (Å²) in [6, 6.07) is 5.85. The second-order valence-corrected chi connectivity index (χ2v) is 8.24. The number of benzene rings is 1. The lowest BCUT2D eigenvalue weighted by atomic mass is 9.71. The number of aryl methyl sites for hydroxylation is 1. The average Bonchev–Trinajstić information content (AvgIpc) is 3.10. The minimum absolute atomic E-state index is 0.0478. The fourth-order valence-corrected chi connectivity index (χ4v) is 4.16. The van der Waals surface area contributed by atoms with E-state index in [4.69, 9.17) is 6.42 Å². The molecule has 1 N–H and O–H groups in total. The van der Waals surface area contributed by atoms with Gasteiger partial charge < -0.3 is 5.32 Å². The molecule has 27 heavy (non-hydrogen) atoms. The Bertz CT molecular complexity index is 1020. The van der Waals surface area contributed by atoms with Crippen molar-refractivity contribution in [3.63, 3.8) is 0 Å². The lowest BCUT2D eigenvalue weighted by Gasteiger charge is -2.34. The normalized spacial score (nSPS) is 21.1. The van der Waals surface area contributed by atoms with E-state index in [1.165, 1.54) is 0 Å². The summed E-state index contributed by atoms with van der Waals surface area (Å²) in [5.41, 5.74) is 1.93. The molecule has 2 aromatic rings. The summed E-state index contributed by atoms with van der Waals surface area (Å²) in [5, 5.41) is 7.44. The Morgan fingerprint density at radius 1 is 1.30 bits per heavy atom. The summed E-state index contributed by atoms with van der Waals surface area (Å²) >= 11 is 0. The monoisotopic (exact) mass is 362 g/mol. The first-order valence-electron chi connectivity index (χ1n) is 8.95. The smallest absolute Gasteiger partial charge is 0.243 e.